The van der Waals surface area contributed by atoms with Gasteiger partial charge in [-0.25, -0.2) is 0 Å². The Morgan fingerprint density at radius 2 is 2.00 bits per heavy atom. The molecule has 0 aliphatic carbocycles. The van der Waals surface area contributed by atoms with E-state index in [1.54, 1.807) is 0 Å². The van der Waals surface area contributed by atoms with Gasteiger partial charge in [-0.05, 0) is 5.92 Å². The summed E-state index contributed by atoms with van der Waals surface area (Å²) in [5.74, 6) is 0.297. The smallest absolute Gasteiger partial charge is 0.156 e. The van der Waals surface area contributed by atoms with E-state index in [9.17, 15) is 0 Å². The standard InChI is InChI=1S/C5H13N3O/c1-3(2)4(6)5(7)8-9/h3-4,9H,6H2,1-2H3,(H2,7,8). The molecule has 0 saturated carbocycles. The predicted molar refractivity (Wildman–Crippen MR) is 36.2 cm³/mol. The molecule has 0 radical (unpaired) electrons. The molecule has 0 rings (SSSR count). The average Bonchev–Trinajstić information content (AvgIpc) is 1.84. The number of amidine groups is 1. The lowest BCUT2D eigenvalue weighted by Gasteiger charge is -2.12. The second kappa shape index (κ2) is 3.29. The van der Waals surface area contributed by atoms with E-state index in [1.807, 2.05) is 13.8 Å². The quantitative estimate of drug-likeness (QED) is 0.208. The van der Waals surface area contributed by atoms with E-state index in [2.05, 4.69) is 5.16 Å². The molecule has 4 nitrogen and oxygen atoms in total. The first kappa shape index (κ1) is 8.23. The van der Waals surface area contributed by atoms with Crippen LogP contribution in [-0.2, 0) is 0 Å². The molecule has 0 heterocycles. The summed E-state index contributed by atoms with van der Waals surface area (Å²) in [5.41, 5.74) is 10.6. The normalized spacial score (nSPS) is 16.2. The lowest BCUT2D eigenvalue weighted by atomic mass is 10.1. The number of hydrogen-bond acceptors (Lipinski definition) is 3. The van der Waals surface area contributed by atoms with E-state index < -0.39 is 0 Å². The molecule has 0 aliphatic heterocycles. The Labute approximate surface area is 54.5 Å². The predicted octanol–water partition coefficient (Wildman–Crippen LogP) is -0.284. The van der Waals surface area contributed by atoms with Crippen molar-refractivity contribution in [3.8, 4) is 0 Å². The molecule has 1 atom stereocenters. The molecular formula is C5H13N3O. The van der Waals surface area contributed by atoms with Gasteiger partial charge in [0.2, 0.25) is 0 Å². The van der Waals surface area contributed by atoms with Crippen molar-refractivity contribution in [1.82, 2.24) is 0 Å². The highest BCUT2D eigenvalue weighted by Gasteiger charge is 2.11. The molecule has 0 aromatic carbocycles. The third-order valence-corrected chi connectivity index (χ3v) is 1.18. The van der Waals surface area contributed by atoms with Crippen molar-refractivity contribution >= 4 is 5.84 Å². The minimum atomic E-state index is -0.338. The van der Waals surface area contributed by atoms with Crippen molar-refractivity contribution < 1.29 is 5.21 Å². The Bertz CT molecular complexity index is 111. The molecule has 0 amide bonds. The second-order valence-corrected chi connectivity index (χ2v) is 2.29. The molecule has 54 valence electrons. The largest absolute Gasteiger partial charge is 0.409 e. The van der Waals surface area contributed by atoms with E-state index in [1.165, 1.54) is 0 Å². The van der Waals surface area contributed by atoms with Crippen LogP contribution in [0.4, 0.5) is 0 Å². The summed E-state index contributed by atoms with van der Waals surface area (Å²) in [5, 5.41) is 10.9. The molecule has 4 heteroatoms. The van der Waals surface area contributed by atoms with Crippen LogP contribution < -0.4 is 11.5 Å². The Hall–Kier alpha value is -0.770. The maximum absolute atomic E-state index is 8.14. The first-order chi connectivity index (χ1) is 4.09. The van der Waals surface area contributed by atoms with Crippen LogP contribution in [0.2, 0.25) is 0 Å². The Kier molecular flexibility index (Phi) is 3.01. The van der Waals surface area contributed by atoms with Gasteiger partial charge >= 0.3 is 0 Å². The van der Waals surface area contributed by atoms with Crippen molar-refractivity contribution in [2.75, 3.05) is 0 Å². The number of oxime groups is 1. The molecular weight excluding hydrogens is 118 g/mol. The second-order valence-electron chi connectivity index (χ2n) is 2.29. The molecule has 0 aliphatic rings. The van der Waals surface area contributed by atoms with Crippen molar-refractivity contribution in [2.45, 2.75) is 19.9 Å². The summed E-state index contributed by atoms with van der Waals surface area (Å²) in [6.07, 6.45) is 0. The third-order valence-electron chi connectivity index (χ3n) is 1.18. The van der Waals surface area contributed by atoms with Crippen LogP contribution in [0.1, 0.15) is 13.8 Å². The van der Waals surface area contributed by atoms with Crippen LogP contribution in [-0.4, -0.2) is 17.1 Å². The minimum Gasteiger partial charge on any atom is -0.409 e. The van der Waals surface area contributed by atoms with Crippen LogP contribution in [0, 0.1) is 5.92 Å². The molecule has 0 spiro atoms. The topological polar surface area (TPSA) is 84.6 Å². The van der Waals surface area contributed by atoms with Gasteiger partial charge in [-0.2, -0.15) is 0 Å². The van der Waals surface area contributed by atoms with Crippen molar-refractivity contribution in [3.05, 3.63) is 0 Å². The monoisotopic (exact) mass is 131 g/mol. The molecule has 1 unspecified atom stereocenters. The highest BCUT2D eigenvalue weighted by molar-refractivity contribution is 5.85. The first-order valence-electron chi connectivity index (χ1n) is 2.82. The summed E-state index contributed by atoms with van der Waals surface area (Å²) in [6.45, 7) is 3.81. The summed E-state index contributed by atoms with van der Waals surface area (Å²) < 4.78 is 0. The van der Waals surface area contributed by atoms with E-state index in [0.717, 1.165) is 0 Å². The van der Waals surface area contributed by atoms with Gasteiger partial charge in [0, 0.05) is 0 Å². The van der Waals surface area contributed by atoms with Crippen LogP contribution in [0.5, 0.6) is 0 Å². The highest BCUT2D eigenvalue weighted by Crippen LogP contribution is 1.96. The van der Waals surface area contributed by atoms with Crippen molar-refractivity contribution in [2.24, 2.45) is 22.5 Å². The van der Waals surface area contributed by atoms with Gasteiger partial charge in [-0.3, -0.25) is 0 Å². The fourth-order valence-corrected chi connectivity index (χ4v) is 0.408. The van der Waals surface area contributed by atoms with Gasteiger partial charge in [0.1, 0.15) is 0 Å². The van der Waals surface area contributed by atoms with Gasteiger partial charge in [0.05, 0.1) is 6.04 Å². The van der Waals surface area contributed by atoms with E-state index in [0.29, 0.717) is 0 Å². The molecule has 9 heavy (non-hydrogen) atoms. The SMILES string of the molecule is CC(C)C(N)/C(N)=N/O. The molecule has 5 N–H and O–H groups in total. The molecule has 0 saturated heterocycles. The first-order valence-corrected chi connectivity index (χ1v) is 2.82. The van der Waals surface area contributed by atoms with Crippen LogP contribution in [0.3, 0.4) is 0 Å². The van der Waals surface area contributed by atoms with Crippen molar-refractivity contribution in [3.63, 3.8) is 0 Å². The fraction of sp³-hybridized carbons (Fsp3) is 0.800. The zero-order valence-electron chi connectivity index (χ0n) is 5.70. The van der Waals surface area contributed by atoms with Gasteiger partial charge in [-0.15, -0.1) is 0 Å². The van der Waals surface area contributed by atoms with Crippen molar-refractivity contribution in [1.29, 1.82) is 0 Å². The third kappa shape index (κ3) is 2.32. The van der Waals surface area contributed by atoms with Gasteiger partial charge in [-0.1, -0.05) is 19.0 Å². The summed E-state index contributed by atoms with van der Waals surface area (Å²) >= 11 is 0. The number of nitrogens with zero attached hydrogens (tertiary/aromatic N) is 1. The maximum Gasteiger partial charge on any atom is 0.156 e. The Balaban J connectivity index is 3.88. The highest BCUT2D eigenvalue weighted by atomic mass is 16.4. The van der Waals surface area contributed by atoms with E-state index >= 15 is 0 Å². The molecule has 0 fully saturated rings. The lowest BCUT2D eigenvalue weighted by molar-refractivity contribution is 0.314. The maximum atomic E-state index is 8.14. The average molecular weight is 131 g/mol. The van der Waals surface area contributed by atoms with Gasteiger partial charge < -0.3 is 16.7 Å². The van der Waals surface area contributed by atoms with E-state index in [-0.39, 0.29) is 17.8 Å². The van der Waals surface area contributed by atoms with Gasteiger partial charge in [0.15, 0.2) is 5.84 Å². The zero-order valence-corrected chi connectivity index (χ0v) is 5.70. The van der Waals surface area contributed by atoms with Crippen LogP contribution in [0.25, 0.3) is 0 Å². The lowest BCUT2D eigenvalue weighted by Crippen LogP contribution is -2.40. The molecule has 0 aromatic heterocycles. The summed E-state index contributed by atoms with van der Waals surface area (Å²) in [4.78, 5) is 0. The van der Waals surface area contributed by atoms with E-state index in [4.69, 9.17) is 16.7 Å². The Morgan fingerprint density at radius 1 is 1.56 bits per heavy atom. The van der Waals surface area contributed by atoms with Crippen LogP contribution >= 0.6 is 0 Å². The number of hydrogen-bond donors (Lipinski definition) is 3. The fourth-order valence-electron chi connectivity index (χ4n) is 0.408. The summed E-state index contributed by atoms with van der Waals surface area (Å²) in [7, 11) is 0. The molecule has 0 bridgehead atoms. The number of rotatable bonds is 2. The van der Waals surface area contributed by atoms with Crippen LogP contribution in [0.15, 0.2) is 5.16 Å². The zero-order chi connectivity index (χ0) is 7.44. The minimum absolute atomic E-state index is 0.0880. The molecule has 0 aromatic rings. The number of nitrogens with two attached hydrogens (primary N) is 2. The Morgan fingerprint density at radius 3 is 2.11 bits per heavy atom. The summed E-state index contributed by atoms with van der Waals surface area (Å²) in [6, 6.07) is -0.338. The van der Waals surface area contributed by atoms with Gasteiger partial charge in [0.25, 0.3) is 0 Å².